The first-order valence-electron chi connectivity index (χ1n) is 8.45. The Morgan fingerprint density at radius 1 is 1.11 bits per heavy atom. The first-order valence-corrected chi connectivity index (χ1v) is 11.2. The number of nitrogens with zero attached hydrogens (tertiary/aromatic N) is 2. The van der Waals surface area contributed by atoms with Gasteiger partial charge in [0.2, 0.25) is 5.89 Å². The van der Waals surface area contributed by atoms with Crippen LogP contribution in [0.25, 0.3) is 11.5 Å². The topological polar surface area (TPSA) is 102 Å². The zero-order valence-corrected chi connectivity index (χ0v) is 17.2. The summed E-state index contributed by atoms with van der Waals surface area (Å²) in [5.41, 5.74) is 0.746. The van der Waals surface area contributed by atoms with Gasteiger partial charge in [-0.1, -0.05) is 37.1 Å². The fraction of sp³-hybridized carbons (Fsp3) is 0.211. The molecule has 0 aliphatic carbocycles. The van der Waals surface area contributed by atoms with Crippen LogP contribution in [-0.2, 0) is 9.84 Å². The molecule has 0 fully saturated rings. The Balaban J connectivity index is 1.82. The highest BCUT2D eigenvalue weighted by Gasteiger charge is 2.20. The SMILES string of the molecule is CC(C)Sc1cccc(-c2nnc(NC(=O)c3ccccc3S(C)(=O)=O)o2)c1. The Labute approximate surface area is 167 Å². The molecule has 0 saturated heterocycles. The van der Waals surface area contributed by atoms with E-state index < -0.39 is 15.7 Å². The van der Waals surface area contributed by atoms with E-state index in [2.05, 4.69) is 29.4 Å². The van der Waals surface area contributed by atoms with E-state index in [1.54, 1.807) is 23.9 Å². The molecule has 28 heavy (non-hydrogen) atoms. The monoisotopic (exact) mass is 417 g/mol. The van der Waals surface area contributed by atoms with Gasteiger partial charge in [0, 0.05) is 22.0 Å². The van der Waals surface area contributed by atoms with Crippen molar-refractivity contribution in [3.8, 4) is 11.5 Å². The lowest BCUT2D eigenvalue weighted by molar-refractivity contribution is 0.102. The van der Waals surface area contributed by atoms with Gasteiger partial charge in [-0.05, 0) is 30.3 Å². The van der Waals surface area contributed by atoms with Gasteiger partial charge in [-0.2, -0.15) is 0 Å². The molecular formula is C19H19N3O4S2. The predicted octanol–water partition coefficient (Wildman–Crippen LogP) is 3.89. The van der Waals surface area contributed by atoms with Crippen LogP contribution in [0.4, 0.5) is 6.01 Å². The van der Waals surface area contributed by atoms with Crippen LogP contribution in [0.1, 0.15) is 24.2 Å². The van der Waals surface area contributed by atoms with E-state index >= 15 is 0 Å². The minimum absolute atomic E-state index is 0.0140. The maximum Gasteiger partial charge on any atom is 0.322 e. The molecule has 0 aliphatic rings. The summed E-state index contributed by atoms with van der Waals surface area (Å²) in [6.45, 7) is 4.21. The van der Waals surface area contributed by atoms with Crippen molar-refractivity contribution in [1.82, 2.24) is 10.2 Å². The van der Waals surface area contributed by atoms with E-state index in [9.17, 15) is 13.2 Å². The van der Waals surface area contributed by atoms with Gasteiger partial charge in [-0.25, -0.2) is 8.42 Å². The maximum atomic E-state index is 12.5. The number of hydrogen-bond acceptors (Lipinski definition) is 7. The largest absolute Gasteiger partial charge is 0.403 e. The number of hydrogen-bond donors (Lipinski definition) is 1. The van der Waals surface area contributed by atoms with Crippen molar-refractivity contribution in [1.29, 1.82) is 0 Å². The predicted molar refractivity (Wildman–Crippen MR) is 108 cm³/mol. The Bertz CT molecular complexity index is 1110. The molecule has 0 radical (unpaired) electrons. The third-order valence-electron chi connectivity index (χ3n) is 3.63. The van der Waals surface area contributed by atoms with Crippen molar-refractivity contribution < 1.29 is 17.6 Å². The molecule has 1 aromatic heterocycles. The average molecular weight is 418 g/mol. The molecule has 2 aromatic carbocycles. The van der Waals surface area contributed by atoms with E-state index in [-0.39, 0.29) is 22.4 Å². The van der Waals surface area contributed by atoms with Gasteiger partial charge in [0.25, 0.3) is 5.91 Å². The van der Waals surface area contributed by atoms with E-state index in [4.69, 9.17) is 4.42 Å². The van der Waals surface area contributed by atoms with Gasteiger partial charge in [-0.3, -0.25) is 10.1 Å². The van der Waals surface area contributed by atoms with Crippen LogP contribution >= 0.6 is 11.8 Å². The normalized spacial score (nSPS) is 11.6. The van der Waals surface area contributed by atoms with Crippen LogP contribution in [0, 0.1) is 0 Å². The second-order valence-electron chi connectivity index (χ2n) is 6.33. The van der Waals surface area contributed by atoms with Crippen LogP contribution < -0.4 is 5.32 Å². The van der Waals surface area contributed by atoms with Crippen LogP contribution in [0.2, 0.25) is 0 Å². The van der Waals surface area contributed by atoms with Gasteiger partial charge in [0.15, 0.2) is 9.84 Å². The number of rotatable bonds is 6. The number of benzene rings is 2. The second-order valence-corrected chi connectivity index (χ2v) is 9.96. The van der Waals surface area contributed by atoms with Crippen molar-refractivity contribution in [3.63, 3.8) is 0 Å². The van der Waals surface area contributed by atoms with Gasteiger partial charge in [0.1, 0.15) is 0 Å². The molecule has 0 aliphatic heterocycles. The number of thioether (sulfide) groups is 1. The molecule has 0 saturated carbocycles. The molecule has 0 unspecified atom stereocenters. The molecule has 7 nitrogen and oxygen atoms in total. The lowest BCUT2D eigenvalue weighted by Gasteiger charge is -2.06. The molecule has 146 valence electrons. The van der Waals surface area contributed by atoms with Crippen LogP contribution in [0.5, 0.6) is 0 Å². The summed E-state index contributed by atoms with van der Waals surface area (Å²) in [7, 11) is -3.55. The summed E-state index contributed by atoms with van der Waals surface area (Å²) in [5.74, 6) is -0.377. The summed E-state index contributed by atoms with van der Waals surface area (Å²) < 4.78 is 29.3. The third kappa shape index (κ3) is 4.79. The van der Waals surface area contributed by atoms with Gasteiger partial charge >= 0.3 is 6.01 Å². The molecular weight excluding hydrogens is 398 g/mol. The summed E-state index contributed by atoms with van der Waals surface area (Å²) in [6, 6.07) is 13.5. The number of anilines is 1. The number of carbonyl (C=O) groups excluding carboxylic acids is 1. The van der Waals surface area contributed by atoms with Crippen molar-refractivity contribution in [2.45, 2.75) is 28.9 Å². The lowest BCUT2D eigenvalue weighted by atomic mass is 10.2. The van der Waals surface area contributed by atoms with E-state index in [0.717, 1.165) is 16.7 Å². The molecule has 9 heteroatoms. The zero-order chi connectivity index (χ0) is 20.3. The van der Waals surface area contributed by atoms with Crippen LogP contribution in [0.15, 0.2) is 62.7 Å². The lowest BCUT2D eigenvalue weighted by Crippen LogP contribution is -2.16. The molecule has 0 atom stereocenters. The first kappa shape index (κ1) is 20.1. The third-order valence-corrected chi connectivity index (χ3v) is 5.78. The summed E-state index contributed by atoms with van der Waals surface area (Å²) in [5, 5.41) is 10.7. The minimum atomic E-state index is -3.55. The van der Waals surface area contributed by atoms with Crippen LogP contribution in [0.3, 0.4) is 0 Å². The number of sulfone groups is 1. The summed E-state index contributed by atoms with van der Waals surface area (Å²) in [6.07, 6.45) is 1.05. The number of nitrogens with one attached hydrogen (secondary N) is 1. The van der Waals surface area contributed by atoms with Crippen molar-refractivity contribution in [2.24, 2.45) is 0 Å². The Morgan fingerprint density at radius 3 is 2.57 bits per heavy atom. The second kappa shape index (κ2) is 8.15. The molecule has 1 N–H and O–H groups in total. The van der Waals surface area contributed by atoms with E-state index in [0.29, 0.717) is 5.25 Å². The first-order chi connectivity index (χ1) is 13.2. The highest BCUT2D eigenvalue weighted by atomic mass is 32.2. The maximum absolute atomic E-state index is 12.5. The molecule has 3 rings (SSSR count). The molecule has 0 bridgehead atoms. The smallest absolute Gasteiger partial charge is 0.322 e. The fourth-order valence-corrected chi connectivity index (χ4v) is 4.29. The molecule has 0 spiro atoms. The van der Waals surface area contributed by atoms with Gasteiger partial charge in [0.05, 0.1) is 10.5 Å². The Kier molecular flexibility index (Phi) is 5.85. The van der Waals surface area contributed by atoms with Crippen molar-refractivity contribution in [2.75, 3.05) is 11.6 Å². The minimum Gasteiger partial charge on any atom is -0.403 e. The molecule has 1 amide bonds. The highest BCUT2D eigenvalue weighted by molar-refractivity contribution is 7.99. The van der Waals surface area contributed by atoms with Crippen molar-refractivity contribution >= 4 is 33.5 Å². The average Bonchev–Trinajstić information content (AvgIpc) is 3.09. The summed E-state index contributed by atoms with van der Waals surface area (Å²) in [4.78, 5) is 13.5. The molecule has 1 heterocycles. The summed E-state index contributed by atoms with van der Waals surface area (Å²) >= 11 is 1.71. The Morgan fingerprint density at radius 2 is 1.86 bits per heavy atom. The van der Waals surface area contributed by atoms with Gasteiger partial charge in [-0.15, -0.1) is 16.9 Å². The fourth-order valence-electron chi connectivity index (χ4n) is 2.51. The number of aromatic nitrogens is 2. The Hall–Kier alpha value is -2.65. The van der Waals surface area contributed by atoms with Crippen LogP contribution in [-0.4, -0.2) is 36.0 Å². The highest BCUT2D eigenvalue weighted by Crippen LogP contribution is 2.28. The number of amides is 1. The molecule has 3 aromatic rings. The van der Waals surface area contributed by atoms with Gasteiger partial charge < -0.3 is 4.42 Å². The van der Waals surface area contributed by atoms with E-state index in [1.165, 1.54) is 12.1 Å². The standard InChI is InChI=1S/C19H19N3O4S2/c1-12(2)27-14-8-6-7-13(11-14)18-21-22-19(26-18)20-17(23)15-9-4-5-10-16(15)28(3,24)25/h4-12H,1-3H3,(H,20,22,23). The van der Waals surface area contributed by atoms with E-state index in [1.807, 2.05) is 24.3 Å². The number of carbonyl (C=O) groups is 1. The van der Waals surface area contributed by atoms with Crippen molar-refractivity contribution in [3.05, 3.63) is 54.1 Å². The quantitative estimate of drug-likeness (QED) is 0.607. The zero-order valence-electron chi connectivity index (χ0n) is 15.5.